The maximum atomic E-state index is 13.9. The van der Waals surface area contributed by atoms with E-state index in [0.29, 0.717) is 5.56 Å². The van der Waals surface area contributed by atoms with Crippen molar-refractivity contribution in [2.45, 2.75) is 0 Å². The second-order valence-corrected chi connectivity index (χ2v) is 10.5. The lowest BCUT2D eigenvalue weighted by molar-refractivity contribution is 0.107. The first kappa shape index (κ1) is 18.5. The first-order valence-corrected chi connectivity index (χ1v) is 11.7. The van der Waals surface area contributed by atoms with Gasteiger partial charge in [0, 0.05) is 11.8 Å². The normalized spacial score (nSPS) is 13.2. The summed E-state index contributed by atoms with van der Waals surface area (Å²) in [5.74, 6) is 0.0606. The van der Waals surface area contributed by atoms with Crippen molar-refractivity contribution >= 4 is 45.8 Å². The highest BCUT2D eigenvalue weighted by molar-refractivity contribution is 7.97. The molecule has 0 unspecified atom stereocenters. The van der Waals surface area contributed by atoms with Gasteiger partial charge in [0.25, 0.3) is 0 Å². The molecule has 0 N–H and O–H groups in total. The number of hydrogen-bond donors (Lipinski definition) is 0. The molecule has 3 heteroatoms. The minimum absolute atomic E-state index is 0.0606. The molecule has 0 bridgehead atoms. The fraction of sp³-hybridized carbons (Fsp3) is 0. The van der Waals surface area contributed by atoms with Crippen LogP contribution in [0.5, 0.6) is 0 Å². The summed E-state index contributed by atoms with van der Waals surface area (Å²) in [6, 6.07) is 38.8. The summed E-state index contributed by atoms with van der Waals surface area (Å²) < 4.78 is 0. The average molecular weight is 405 g/mol. The molecule has 0 aliphatic carbocycles. The van der Waals surface area contributed by atoms with Crippen LogP contribution in [0.15, 0.2) is 120 Å². The summed E-state index contributed by atoms with van der Waals surface area (Å²) in [4.78, 5) is 18.6. The number of Topliss-reactive ketones (excluding diaryl/α,β-unsaturated/α-hetero) is 1. The summed E-state index contributed by atoms with van der Waals surface area (Å²) in [5.41, 5.74) is 1.40. The summed E-state index contributed by atoms with van der Waals surface area (Å²) in [7, 11) is 0. The number of carbonyl (C=O) groups excluding carboxylic acids is 1. The zero-order valence-electron chi connectivity index (χ0n) is 16.3. The van der Waals surface area contributed by atoms with Gasteiger partial charge in [-0.2, -0.15) is 0 Å². The van der Waals surface area contributed by atoms with Crippen LogP contribution < -0.4 is 15.9 Å². The molecule has 144 valence electrons. The fourth-order valence-electron chi connectivity index (χ4n) is 4.16. The van der Waals surface area contributed by atoms with Gasteiger partial charge in [0.15, 0.2) is 5.78 Å². The first-order chi connectivity index (χ1) is 14.8. The van der Waals surface area contributed by atoms with Crippen molar-refractivity contribution < 1.29 is 4.79 Å². The van der Waals surface area contributed by atoms with Crippen LogP contribution >= 0.6 is 6.89 Å². The number of aliphatic imine (C=N–C) groups is 1. The Balaban J connectivity index is 1.99. The SMILES string of the molecule is O=C1C(=P(c2ccccc2)(c2ccccc2)c2ccccc2)C=Nc2ccccc21. The third-order valence-electron chi connectivity index (χ3n) is 5.50. The highest BCUT2D eigenvalue weighted by Crippen LogP contribution is 2.47. The minimum Gasteiger partial charge on any atom is -0.288 e. The van der Waals surface area contributed by atoms with Gasteiger partial charge in [0.05, 0.1) is 11.0 Å². The first-order valence-electron chi connectivity index (χ1n) is 9.93. The van der Waals surface area contributed by atoms with Crippen molar-refractivity contribution in [1.29, 1.82) is 0 Å². The molecule has 4 aromatic rings. The maximum Gasteiger partial charge on any atom is 0.197 e. The molecular formula is C27H20NOP. The van der Waals surface area contributed by atoms with E-state index in [1.54, 1.807) is 0 Å². The van der Waals surface area contributed by atoms with Crippen LogP contribution in [0.4, 0.5) is 5.69 Å². The van der Waals surface area contributed by atoms with Gasteiger partial charge in [-0.3, -0.25) is 9.79 Å². The highest BCUT2D eigenvalue weighted by atomic mass is 31.2. The molecule has 30 heavy (non-hydrogen) atoms. The molecule has 5 rings (SSSR count). The molecule has 0 spiro atoms. The number of fused-ring (bicyclic) bond motifs is 1. The van der Waals surface area contributed by atoms with Crippen LogP contribution in [0.3, 0.4) is 0 Å². The molecule has 4 aromatic carbocycles. The van der Waals surface area contributed by atoms with Crippen LogP contribution in [-0.2, 0) is 0 Å². The van der Waals surface area contributed by atoms with Gasteiger partial charge in [0.2, 0.25) is 0 Å². The van der Waals surface area contributed by atoms with Gasteiger partial charge in [-0.15, -0.1) is 0 Å². The predicted octanol–water partition coefficient (Wildman–Crippen LogP) is 4.75. The summed E-state index contributed by atoms with van der Waals surface area (Å²) in [6.07, 6.45) is 1.81. The lowest BCUT2D eigenvalue weighted by Crippen LogP contribution is -2.35. The molecule has 1 heterocycles. The van der Waals surface area contributed by atoms with Gasteiger partial charge in [-0.05, 0) is 34.9 Å². The Labute approximate surface area is 176 Å². The van der Waals surface area contributed by atoms with Crippen molar-refractivity contribution in [2.75, 3.05) is 0 Å². The lowest BCUT2D eigenvalue weighted by Gasteiger charge is -2.32. The van der Waals surface area contributed by atoms with E-state index in [1.165, 1.54) is 0 Å². The Bertz CT molecular complexity index is 1190. The predicted molar refractivity (Wildman–Crippen MR) is 129 cm³/mol. The van der Waals surface area contributed by atoms with E-state index in [1.807, 2.05) is 48.7 Å². The van der Waals surface area contributed by atoms with Crippen LogP contribution in [0, 0.1) is 0 Å². The van der Waals surface area contributed by atoms with E-state index in [0.717, 1.165) is 26.9 Å². The number of nitrogens with zero attached hydrogens (tertiary/aromatic N) is 1. The molecular weight excluding hydrogens is 385 g/mol. The van der Waals surface area contributed by atoms with Crippen molar-refractivity contribution in [3.8, 4) is 0 Å². The van der Waals surface area contributed by atoms with Gasteiger partial charge >= 0.3 is 0 Å². The van der Waals surface area contributed by atoms with Gasteiger partial charge < -0.3 is 0 Å². The average Bonchev–Trinajstić information content (AvgIpc) is 2.83. The van der Waals surface area contributed by atoms with Crippen molar-refractivity contribution in [2.24, 2.45) is 4.99 Å². The summed E-state index contributed by atoms with van der Waals surface area (Å²) in [6.45, 7) is -2.42. The molecule has 0 fully saturated rings. The number of rotatable bonds is 3. The van der Waals surface area contributed by atoms with Crippen LogP contribution in [0.1, 0.15) is 10.4 Å². The quantitative estimate of drug-likeness (QED) is 0.452. The van der Waals surface area contributed by atoms with Crippen LogP contribution in [0.2, 0.25) is 0 Å². The van der Waals surface area contributed by atoms with E-state index in [9.17, 15) is 4.79 Å². The number of benzene rings is 4. The van der Waals surface area contributed by atoms with Gasteiger partial charge in [-0.1, -0.05) is 103 Å². The van der Waals surface area contributed by atoms with E-state index in [-0.39, 0.29) is 5.78 Å². The second kappa shape index (κ2) is 7.74. The second-order valence-electron chi connectivity index (χ2n) is 7.17. The Hall–Kier alpha value is -3.48. The van der Waals surface area contributed by atoms with E-state index in [2.05, 4.69) is 72.8 Å². The molecule has 0 aromatic heterocycles. The number of hydrogen-bond acceptors (Lipinski definition) is 2. The zero-order chi connectivity index (χ0) is 20.4. The highest BCUT2D eigenvalue weighted by Gasteiger charge is 2.34. The third-order valence-corrected chi connectivity index (χ3v) is 9.76. The van der Waals surface area contributed by atoms with Gasteiger partial charge in [-0.25, -0.2) is 0 Å². The summed E-state index contributed by atoms with van der Waals surface area (Å²) >= 11 is 0. The molecule has 0 saturated carbocycles. The molecule has 0 atom stereocenters. The van der Waals surface area contributed by atoms with Gasteiger partial charge in [0.1, 0.15) is 0 Å². The largest absolute Gasteiger partial charge is 0.288 e. The fourth-order valence-corrected chi connectivity index (χ4v) is 8.41. The maximum absolute atomic E-state index is 13.9. The van der Waals surface area contributed by atoms with Crippen molar-refractivity contribution in [3.63, 3.8) is 0 Å². The van der Waals surface area contributed by atoms with Crippen LogP contribution in [0.25, 0.3) is 0 Å². The standard InChI is InChI=1S/C27H20NOP/c29-27-24-18-10-11-19-25(24)28-20-26(27)30(21-12-4-1-5-13-21,22-14-6-2-7-15-22)23-16-8-3-9-17-23/h1-20H. The smallest absolute Gasteiger partial charge is 0.197 e. The lowest BCUT2D eigenvalue weighted by atomic mass is 10.0. The van der Waals surface area contributed by atoms with E-state index >= 15 is 0 Å². The molecule has 2 nitrogen and oxygen atoms in total. The van der Waals surface area contributed by atoms with Crippen molar-refractivity contribution in [1.82, 2.24) is 0 Å². The Morgan fingerprint density at radius 1 is 0.533 bits per heavy atom. The van der Waals surface area contributed by atoms with Crippen molar-refractivity contribution in [3.05, 3.63) is 121 Å². The minimum atomic E-state index is -2.42. The zero-order valence-corrected chi connectivity index (χ0v) is 17.2. The Kier molecular flexibility index (Phi) is 4.78. The number of para-hydroxylation sites is 1. The number of carbonyl (C=O) groups is 1. The monoisotopic (exact) mass is 405 g/mol. The third kappa shape index (κ3) is 2.89. The Morgan fingerprint density at radius 3 is 1.47 bits per heavy atom. The molecule has 0 saturated heterocycles. The van der Waals surface area contributed by atoms with E-state index < -0.39 is 6.89 Å². The summed E-state index contributed by atoms with van der Waals surface area (Å²) in [5, 5.41) is 4.22. The molecule has 1 aliphatic rings. The molecule has 0 radical (unpaired) electrons. The molecule has 0 amide bonds. The molecule has 1 aliphatic heterocycles. The van der Waals surface area contributed by atoms with Crippen LogP contribution in [-0.4, -0.2) is 17.3 Å². The van der Waals surface area contributed by atoms with E-state index in [4.69, 9.17) is 4.99 Å². The Morgan fingerprint density at radius 2 is 0.967 bits per heavy atom. The topological polar surface area (TPSA) is 29.4 Å². The number of ketones is 1.